The molecule has 0 spiro atoms. The summed E-state index contributed by atoms with van der Waals surface area (Å²) in [5, 5.41) is 7.16. The molecule has 0 radical (unpaired) electrons. The first-order valence-electron chi connectivity index (χ1n) is 6.79. The van der Waals surface area contributed by atoms with Crippen LogP contribution in [-0.4, -0.2) is 22.2 Å². The standard InChI is InChI=1S/C15H20N4O/c1-3-19-14(10-11(2)18-19)15(20)17-13-6-4-12(5-7-13)8-9-16/h4-7,10H,3,8-9,16H2,1-2H3,(H,17,20). The van der Waals surface area contributed by atoms with E-state index in [9.17, 15) is 4.79 Å². The Kier molecular flexibility index (Phi) is 4.53. The maximum atomic E-state index is 12.2. The third-order valence-corrected chi connectivity index (χ3v) is 3.08. The second kappa shape index (κ2) is 6.34. The molecule has 0 aliphatic carbocycles. The number of nitrogens with two attached hydrogens (primary N) is 1. The fourth-order valence-corrected chi connectivity index (χ4v) is 2.09. The number of hydrogen-bond donors (Lipinski definition) is 2. The lowest BCUT2D eigenvalue weighted by molar-refractivity contribution is 0.101. The lowest BCUT2D eigenvalue weighted by Crippen LogP contribution is -2.17. The molecule has 5 heteroatoms. The number of aromatic nitrogens is 2. The Balaban J connectivity index is 2.10. The second-order valence-corrected chi connectivity index (χ2v) is 4.68. The highest BCUT2D eigenvalue weighted by molar-refractivity contribution is 6.03. The van der Waals surface area contributed by atoms with Crippen LogP contribution in [0.15, 0.2) is 30.3 Å². The number of benzene rings is 1. The first kappa shape index (κ1) is 14.3. The normalized spacial score (nSPS) is 10.6. The summed E-state index contributed by atoms with van der Waals surface area (Å²) in [5.41, 5.74) is 8.87. The van der Waals surface area contributed by atoms with Gasteiger partial charge in [0.15, 0.2) is 0 Å². The van der Waals surface area contributed by atoms with E-state index in [1.165, 1.54) is 5.56 Å². The van der Waals surface area contributed by atoms with Crippen molar-refractivity contribution in [2.45, 2.75) is 26.8 Å². The van der Waals surface area contributed by atoms with Crippen LogP contribution in [0.1, 0.15) is 28.7 Å². The minimum atomic E-state index is -0.140. The van der Waals surface area contributed by atoms with E-state index >= 15 is 0 Å². The molecule has 0 unspecified atom stereocenters. The van der Waals surface area contributed by atoms with Gasteiger partial charge in [-0.3, -0.25) is 9.48 Å². The largest absolute Gasteiger partial charge is 0.330 e. The molecule has 3 N–H and O–H groups in total. The van der Waals surface area contributed by atoms with Gasteiger partial charge in [0.25, 0.3) is 5.91 Å². The molecule has 5 nitrogen and oxygen atoms in total. The number of carbonyl (C=O) groups excluding carboxylic acids is 1. The first-order valence-corrected chi connectivity index (χ1v) is 6.79. The molecule has 1 heterocycles. The van der Waals surface area contributed by atoms with Crippen molar-refractivity contribution in [2.24, 2.45) is 5.73 Å². The molecule has 0 aliphatic rings. The van der Waals surface area contributed by atoms with Crippen LogP contribution in [0.2, 0.25) is 0 Å². The lowest BCUT2D eigenvalue weighted by atomic mass is 10.1. The molecule has 0 bridgehead atoms. The van der Waals surface area contributed by atoms with Gasteiger partial charge in [0.2, 0.25) is 0 Å². The fraction of sp³-hybridized carbons (Fsp3) is 0.333. The van der Waals surface area contributed by atoms with E-state index in [1.807, 2.05) is 38.1 Å². The highest BCUT2D eigenvalue weighted by Gasteiger charge is 2.13. The van der Waals surface area contributed by atoms with Crippen molar-refractivity contribution in [3.63, 3.8) is 0 Å². The topological polar surface area (TPSA) is 72.9 Å². The van der Waals surface area contributed by atoms with Gasteiger partial charge < -0.3 is 11.1 Å². The summed E-state index contributed by atoms with van der Waals surface area (Å²) in [5.74, 6) is -0.140. The van der Waals surface area contributed by atoms with Crippen molar-refractivity contribution in [3.05, 3.63) is 47.3 Å². The highest BCUT2D eigenvalue weighted by Crippen LogP contribution is 2.12. The number of carbonyl (C=O) groups is 1. The summed E-state index contributed by atoms with van der Waals surface area (Å²) in [6.45, 7) is 5.14. The fourth-order valence-electron chi connectivity index (χ4n) is 2.09. The van der Waals surface area contributed by atoms with Crippen LogP contribution in [-0.2, 0) is 13.0 Å². The lowest BCUT2D eigenvalue weighted by Gasteiger charge is -2.07. The molecular formula is C15H20N4O. The van der Waals surface area contributed by atoms with E-state index in [2.05, 4.69) is 10.4 Å². The van der Waals surface area contributed by atoms with E-state index in [0.29, 0.717) is 18.8 Å². The van der Waals surface area contributed by atoms with E-state index in [1.54, 1.807) is 10.7 Å². The van der Waals surface area contributed by atoms with Gasteiger partial charge in [0, 0.05) is 12.2 Å². The van der Waals surface area contributed by atoms with Crippen LogP contribution < -0.4 is 11.1 Å². The molecule has 0 fully saturated rings. The van der Waals surface area contributed by atoms with E-state index in [0.717, 1.165) is 17.8 Å². The molecule has 1 aromatic heterocycles. The van der Waals surface area contributed by atoms with E-state index < -0.39 is 0 Å². The van der Waals surface area contributed by atoms with Crippen LogP contribution in [0.4, 0.5) is 5.69 Å². The van der Waals surface area contributed by atoms with Crippen molar-refractivity contribution in [2.75, 3.05) is 11.9 Å². The number of rotatable bonds is 5. The van der Waals surface area contributed by atoms with E-state index in [-0.39, 0.29) is 5.91 Å². The maximum Gasteiger partial charge on any atom is 0.273 e. The summed E-state index contributed by atoms with van der Waals surface area (Å²) < 4.78 is 1.70. The summed E-state index contributed by atoms with van der Waals surface area (Å²) in [6.07, 6.45) is 0.843. The molecule has 0 saturated heterocycles. The monoisotopic (exact) mass is 272 g/mol. The van der Waals surface area contributed by atoms with Gasteiger partial charge in [0.05, 0.1) is 5.69 Å². The highest BCUT2D eigenvalue weighted by atomic mass is 16.2. The van der Waals surface area contributed by atoms with Crippen molar-refractivity contribution in [1.82, 2.24) is 9.78 Å². The molecule has 20 heavy (non-hydrogen) atoms. The first-order chi connectivity index (χ1) is 9.63. The molecule has 0 aliphatic heterocycles. The summed E-state index contributed by atoms with van der Waals surface area (Å²) in [4.78, 5) is 12.2. The third kappa shape index (κ3) is 3.24. The Bertz CT molecular complexity index is 586. The van der Waals surface area contributed by atoms with Gasteiger partial charge >= 0.3 is 0 Å². The smallest absolute Gasteiger partial charge is 0.273 e. The molecule has 2 aromatic rings. The predicted octanol–water partition coefficient (Wildman–Crippen LogP) is 1.96. The molecular weight excluding hydrogens is 252 g/mol. The zero-order valence-corrected chi connectivity index (χ0v) is 11.9. The van der Waals surface area contributed by atoms with Crippen LogP contribution in [0.3, 0.4) is 0 Å². The molecule has 1 amide bonds. The van der Waals surface area contributed by atoms with Crippen LogP contribution >= 0.6 is 0 Å². The Morgan fingerprint density at radius 1 is 1.35 bits per heavy atom. The van der Waals surface area contributed by atoms with E-state index in [4.69, 9.17) is 5.73 Å². The molecule has 2 rings (SSSR count). The van der Waals surface area contributed by atoms with Gasteiger partial charge in [-0.1, -0.05) is 12.1 Å². The number of nitrogens with one attached hydrogen (secondary N) is 1. The summed E-state index contributed by atoms with van der Waals surface area (Å²) in [7, 11) is 0. The predicted molar refractivity (Wildman–Crippen MR) is 79.8 cm³/mol. The van der Waals surface area contributed by atoms with Gasteiger partial charge in [-0.25, -0.2) is 0 Å². The Labute approximate surface area is 118 Å². The van der Waals surface area contributed by atoms with Crippen LogP contribution in [0, 0.1) is 6.92 Å². The molecule has 106 valence electrons. The third-order valence-electron chi connectivity index (χ3n) is 3.08. The van der Waals surface area contributed by atoms with Gasteiger partial charge in [-0.05, 0) is 50.6 Å². The zero-order valence-electron chi connectivity index (χ0n) is 11.9. The maximum absolute atomic E-state index is 12.2. The minimum Gasteiger partial charge on any atom is -0.330 e. The SMILES string of the molecule is CCn1nc(C)cc1C(=O)Nc1ccc(CCN)cc1. The van der Waals surface area contributed by atoms with Crippen molar-refractivity contribution in [3.8, 4) is 0 Å². The van der Waals surface area contributed by atoms with Crippen molar-refractivity contribution >= 4 is 11.6 Å². The number of amides is 1. The Morgan fingerprint density at radius 3 is 2.65 bits per heavy atom. The zero-order chi connectivity index (χ0) is 14.5. The van der Waals surface area contributed by atoms with Gasteiger partial charge in [-0.2, -0.15) is 5.10 Å². The van der Waals surface area contributed by atoms with Gasteiger partial charge in [-0.15, -0.1) is 0 Å². The average Bonchev–Trinajstić information content (AvgIpc) is 2.82. The second-order valence-electron chi connectivity index (χ2n) is 4.68. The number of anilines is 1. The molecule has 0 atom stereocenters. The molecule has 0 saturated carbocycles. The summed E-state index contributed by atoms with van der Waals surface area (Å²) >= 11 is 0. The molecule has 1 aromatic carbocycles. The quantitative estimate of drug-likeness (QED) is 0.874. The average molecular weight is 272 g/mol. The van der Waals surface area contributed by atoms with Crippen molar-refractivity contribution in [1.29, 1.82) is 0 Å². The number of nitrogens with zero attached hydrogens (tertiary/aromatic N) is 2. The Hall–Kier alpha value is -2.14. The van der Waals surface area contributed by atoms with Crippen molar-refractivity contribution < 1.29 is 4.79 Å². The number of hydrogen-bond acceptors (Lipinski definition) is 3. The summed E-state index contributed by atoms with van der Waals surface area (Å²) in [6, 6.07) is 9.53. The van der Waals surface area contributed by atoms with Crippen LogP contribution in [0.5, 0.6) is 0 Å². The van der Waals surface area contributed by atoms with Gasteiger partial charge in [0.1, 0.15) is 5.69 Å². The van der Waals surface area contributed by atoms with Crippen LogP contribution in [0.25, 0.3) is 0 Å². The Morgan fingerprint density at radius 2 is 2.05 bits per heavy atom. The number of aryl methyl sites for hydroxylation is 2. The minimum absolute atomic E-state index is 0.140.